The normalized spacial score (nSPS) is 12.1. The van der Waals surface area contributed by atoms with E-state index in [1.807, 2.05) is 13.8 Å². The Balaban J connectivity index is 1.93. The number of carbonyl (C=O) groups is 2. The van der Waals surface area contributed by atoms with Crippen molar-refractivity contribution in [3.8, 4) is 28.6 Å². The molecule has 10 nitrogen and oxygen atoms in total. The van der Waals surface area contributed by atoms with E-state index in [0.717, 1.165) is 0 Å². The summed E-state index contributed by atoms with van der Waals surface area (Å²) in [5, 5.41) is 5.72. The predicted octanol–water partition coefficient (Wildman–Crippen LogP) is 5.36. The van der Waals surface area contributed by atoms with Gasteiger partial charge < -0.3 is 34.0 Å². The van der Waals surface area contributed by atoms with Gasteiger partial charge in [0.05, 0.1) is 21.3 Å². The number of anilines is 1. The van der Waals surface area contributed by atoms with Crippen LogP contribution in [0.15, 0.2) is 45.6 Å². The number of hydrogen-bond acceptors (Lipinski definition) is 8. The van der Waals surface area contributed by atoms with Crippen LogP contribution >= 0.6 is 0 Å². The quantitative estimate of drug-likeness (QED) is 0.371. The maximum atomic E-state index is 13.1. The lowest BCUT2D eigenvalue weighted by Gasteiger charge is -2.24. The Kier molecular flexibility index (Phi) is 9.11. The zero-order valence-electron chi connectivity index (χ0n) is 23.6. The molecule has 0 saturated carbocycles. The molecule has 0 saturated heterocycles. The van der Waals surface area contributed by atoms with Crippen molar-refractivity contribution < 1.29 is 33.0 Å². The minimum absolute atomic E-state index is 0.140. The van der Waals surface area contributed by atoms with Crippen LogP contribution in [-0.2, 0) is 9.53 Å². The summed E-state index contributed by atoms with van der Waals surface area (Å²) in [7, 11) is 4.36. The maximum absolute atomic E-state index is 13.1. The Morgan fingerprint density at radius 2 is 1.67 bits per heavy atom. The number of nitrogens with one attached hydrogen (secondary N) is 2. The number of benzene rings is 2. The third kappa shape index (κ3) is 7.22. The first-order chi connectivity index (χ1) is 18.4. The molecule has 2 amide bonds. The molecule has 10 heteroatoms. The molecule has 210 valence electrons. The van der Waals surface area contributed by atoms with E-state index in [-0.39, 0.29) is 39.6 Å². The van der Waals surface area contributed by atoms with Crippen molar-refractivity contribution >= 4 is 28.7 Å². The van der Waals surface area contributed by atoms with Gasteiger partial charge in [-0.25, -0.2) is 4.79 Å². The Hall–Kier alpha value is -4.21. The first-order valence-corrected chi connectivity index (χ1v) is 12.5. The standard InChI is InChI=1S/C29H36N2O8/c1-16(2)12-19(31-28(34)39-29(3,4)5)27(33)30-18-11-9-10-17(13-18)21-14-20(32)24-22(38-21)15-23(35-6)25(36-7)26(24)37-8/h9-11,13-16,19H,12H2,1-8H3,(H,30,33)(H,31,34)/t19-/m0/s1. The molecule has 0 aliphatic heterocycles. The maximum Gasteiger partial charge on any atom is 0.408 e. The van der Waals surface area contributed by atoms with Gasteiger partial charge in [-0.05, 0) is 45.2 Å². The van der Waals surface area contributed by atoms with Crippen LogP contribution in [0.4, 0.5) is 10.5 Å². The molecule has 1 heterocycles. The van der Waals surface area contributed by atoms with Crippen molar-refractivity contribution in [1.29, 1.82) is 0 Å². The average molecular weight is 541 g/mol. The molecule has 1 aromatic heterocycles. The van der Waals surface area contributed by atoms with Crippen LogP contribution in [0, 0.1) is 5.92 Å². The zero-order valence-corrected chi connectivity index (χ0v) is 23.6. The molecule has 0 radical (unpaired) electrons. The van der Waals surface area contributed by atoms with Crippen molar-refractivity contribution in [1.82, 2.24) is 5.32 Å². The fourth-order valence-electron chi connectivity index (χ4n) is 4.06. The number of rotatable bonds is 9. The molecule has 2 aromatic carbocycles. The van der Waals surface area contributed by atoms with Crippen LogP contribution < -0.4 is 30.3 Å². The number of hydrogen-bond donors (Lipinski definition) is 2. The lowest BCUT2D eigenvalue weighted by molar-refractivity contribution is -0.118. The lowest BCUT2D eigenvalue weighted by Crippen LogP contribution is -2.46. The van der Waals surface area contributed by atoms with E-state index in [9.17, 15) is 14.4 Å². The second-order valence-corrected chi connectivity index (χ2v) is 10.4. The van der Waals surface area contributed by atoms with Gasteiger partial charge in [0, 0.05) is 23.4 Å². The lowest BCUT2D eigenvalue weighted by atomic mass is 10.0. The number of carbonyl (C=O) groups excluding carboxylic acids is 2. The Bertz CT molecular complexity index is 1400. The number of amides is 2. The fourth-order valence-corrected chi connectivity index (χ4v) is 4.06. The first kappa shape index (κ1) is 29.3. The van der Waals surface area contributed by atoms with Crippen molar-refractivity contribution in [2.24, 2.45) is 5.92 Å². The van der Waals surface area contributed by atoms with Gasteiger partial charge in [-0.3, -0.25) is 9.59 Å². The first-order valence-electron chi connectivity index (χ1n) is 12.5. The van der Waals surface area contributed by atoms with Gasteiger partial charge in [0.25, 0.3) is 0 Å². The predicted molar refractivity (Wildman–Crippen MR) is 149 cm³/mol. The topological polar surface area (TPSA) is 125 Å². The highest BCUT2D eigenvalue weighted by molar-refractivity contribution is 5.97. The average Bonchev–Trinajstić information content (AvgIpc) is 2.85. The highest BCUT2D eigenvalue weighted by Crippen LogP contribution is 2.42. The molecule has 3 aromatic rings. The van der Waals surface area contributed by atoms with E-state index in [2.05, 4.69) is 10.6 Å². The smallest absolute Gasteiger partial charge is 0.408 e. The molecule has 0 spiro atoms. The van der Waals surface area contributed by atoms with Gasteiger partial charge in [0.1, 0.15) is 28.4 Å². The molecular formula is C29H36N2O8. The number of alkyl carbamates (subject to hydrolysis) is 1. The Morgan fingerprint density at radius 1 is 0.974 bits per heavy atom. The minimum Gasteiger partial charge on any atom is -0.493 e. The third-order valence-corrected chi connectivity index (χ3v) is 5.65. The van der Waals surface area contributed by atoms with Crippen LogP contribution in [0.25, 0.3) is 22.3 Å². The summed E-state index contributed by atoms with van der Waals surface area (Å²) in [5.41, 5.74) is 0.239. The summed E-state index contributed by atoms with van der Waals surface area (Å²) in [6.45, 7) is 9.17. The number of methoxy groups -OCH3 is 3. The highest BCUT2D eigenvalue weighted by Gasteiger charge is 2.26. The second kappa shape index (κ2) is 12.1. The van der Waals surface area contributed by atoms with Gasteiger partial charge in [0.15, 0.2) is 16.9 Å². The van der Waals surface area contributed by atoms with Crippen molar-refractivity contribution in [3.63, 3.8) is 0 Å². The van der Waals surface area contributed by atoms with Crippen molar-refractivity contribution in [3.05, 3.63) is 46.6 Å². The van der Waals surface area contributed by atoms with E-state index in [1.54, 1.807) is 51.1 Å². The van der Waals surface area contributed by atoms with Gasteiger partial charge in [-0.2, -0.15) is 0 Å². The number of ether oxygens (including phenoxy) is 4. The molecule has 0 fully saturated rings. The van der Waals surface area contributed by atoms with Gasteiger partial charge in [-0.1, -0.05) is 26.0 Å². The molecule has 39 heavy (non-hydrogen) atoms. The zero-order chi connectivity index (χ0) is 28.9. The Labute approximate surface area is 227 Å². The molecule has 0 aliphatic carbocycles. The fraction of sp³-hybridized carbons (Fsp3) is 0.414. The molecule has 0 unspecified atom stereocenters. The van der Waals surface area contributed by atoms with Gasteiger partial charge in [0.2, 0.25) is 11.7 Å². The van der Waals surface area contributed by atoms with Crippen LogP contribution in [0.3, 0.4) is 0 Å². The van der Waals surface area contributed by atoms with E-state index >= 15 is 0 Å². The van der Waals surface area contributed by atoms with Crippen molar-refractivity contribution in [2.75, 3.05) is 26.6 Å². The number of fused-ring (bicyclic) bond motifs is 1. The monoisotopic (exact) mass is 540 g/mol. The van der Waals surface area contributed by atoms with Crippen molar-refractivity contribution in [2.45, 2.75) is 52.7 Å². The van der Waals surface area contributed by atoms with E-state index in [1.165, 1.54) is 27.4 Å². The molecule has 0 aliphatic rings. The molecule has 3 rings (SSSR count). The molecule has 2 N–H and O–H groups in total. The largest absolute Gasteiger partial charge is 0.493 e. The Morgan fingerprint density at radius 3 is 2.26 bits per heavy atom. The minimum atomic E-state index is -0.808. The van der Waals surface area contributed by atoms with Gasteiger partial charge in [-0.15, -0.1) is 0 Å². The van der Waals surface area contributed by atoms with Crippen LogP contribution in [0.5, 0.6) is 17.2 Å². The second-order valence-electron chi connectivity index (χ2n) is 10.4. The van der Waals surface area contributed by atoms with Gasteiger partial charge >= 0.3 is 6.09 Å². The van der Waals surface area contributed by atoms with E-state index in [4.69, 9.17) is 23.4 Å². The summed E-state index contributed by atoms with van der Waals surface area (Å²) >= 11 is 0. The summed E-state index contributed by atoms with van der Waals surface area (Å²) < 4.78 is 27.6. The van der Waals surface area contributed by atoms with Crippen LogP contribution in [-0.4, -0.2) is 45.0 Å². The summed E-state index contributed by atoms with van der Waals surface area (Å²) in [4.78, 5) is 38.6. The van der Waals surface area contributed by atoms with E-state index < -0.39 is 23.6 Å². The molecule has 1 atom stereocenters. The SMILES string of the molecule is COc1cc2oc(-c3cccc(NC(=O)[C@H](CC(C)C)NC(=O)OC(C)(C)C)c3)cc(=O)c2c(OC)c1OC. The summed E-state index contributed by atoms with van der Waals surface area (Å²) in [6, 6.07) is 8.97. The highest BCUT2D eigenvalue weighted by atomic mass is 16.6. The van der Waals surface area contributed by atoms with E-state index in [0.29, 0.717) is 23.4 Å². The summed E-state index contributed by atoms with van der Waals surface area (Å²) in [6.07, 6.45) is -0.255. The molecule has 0 bridgehead atoms. The summed E-state index contributed by atoms with van der Waals surface area (Å²) in [5.74, 6) is 0.866. The molecular weight excluding hydrogens is 504 g/mol. The van der Waals surface area contributed by atoms with Crippen LogP contribution in [0.1, 0.15) is 41.0 Å². The van der Waals surface area contributed by atoms with Crippen LogP contribution in [0.2, 0.25) is 0 Å². The third-order valence-electron chi connectivity index (χ3n) is 5.65.